The van der Waals surface area contributed by atoms with Crippen LogP contribution in [0.4, 0.5) is 0 Å². The molecule has 116 valence electrons. The van der Waals surface area contributed by atoms with E-state index in [9.17, 15) is 18.3 Å². The fourth-order valence-corrected chi connectivity index (χ4v) is 2.93. The van der Waals surface area contributed by atoms with Crippen LogP contribution in [0.3, 0.4) is 0 Å². The summed E-state index contributed by atoms with van der Waals surface area (Å²) in [5, 5.41) is 10.1. The molecule has 2 heterocycles. The third-order valence-corrected chi connectivity index (χ3v) is 4.28. The van der Waals surface area contributed by atoms with Gasteiger partial charge in [0.15, 0.2) is 0 Å². The Bertz CT molecular complexity index is 449. The molecule has 2 aliphatic heterocycles. The lowest BCUT2D eigenvalue weighted by atomic mass is 10.2. The van der Waals surface area contributed by atoms with Crippen molar-refractivity contribution in [2.75, 3.05) is 52.2 Å². The minimum atomic E-state index is -3.38. The maximum absolute atomic E-state index is 11.9. The molecule has 0 aromatic heterocycles. The number of rotatable bonds is 4. The number of sulfonamides is 1. The van der Waals surface area contributed by atoms with Gasteiger partial charge in [0.25, 0.3) is 0 Å². The number of amides is 1. The molecule has 9 heteroatoms. The minimum absolute atomic E-state index is 0.0962. The van der Waals surface area contributed by atoms with Gasteiger partial charge in [-0.3, -0.25) is 9.69 Å². The lowest BCUT2D eigenvalue weighted by Gasteiger charge is -2.33. The van der Waals surface area contributed by atoms with Crippen LogP contribution in [-0.4, -0.2) is 93.6 Å². The monoisotopic (exact) mass is 307 g/mol. The summed E-state index contributed by atoms with van der Waals surface area (Å²) < 4.78 is 29.4. The van der Waals surface area contributed by atoms with Gasteiger partial charge in [-0.2, -0.15) is 0 Å². The fourth-order valence-electron chi connectivity index (χ4n) is 2.55. The molecule has 2 saturated heterocycles. The van der Waals surface area contributed by atoms with Gasteiger partial charge in [0.1, 0.15) is 0 Å². The van der Waals surface area contributed by atoms with Gasteiger partial charge in [0.2, 0.25) is 15.9 Å². The zero-order chi connectivity index (χ0) is 14.8. The average molecular weight is 307 g/mol. The van der Waals surface area contributed by atoms with Crippen LogP contribution in [0.1, 0.15) is 0 Å². The van der Waals surface area contributed by atoms with E-state index in [0.717, 1.165) is 19.3 Å². The van der Waals surface area contributed by atoms with Crippen LogP contribution in [0.15, 0.2) is 0 Å². The Hall–Kier alpha value is -0.740. The lowest BCUT2D eigenvalue weighted by Crippen LogP contribution is -2.49. The summed E-state index contributed by atoms with van der Waals surface area (Å²) in [7, 11) is -3.38. The van der Waals surface area contributed by atoms with E-state index >= 15 is 0 Å². The Balaban J connectivity index is 1.87. The van der Waals surface area contributed by atoms with Crippen LogP contribution in [0, 0.1) is 0 Å². The van der Waals surface area contributed by atoms with Crippen LogP contribution in [0.2, 0.25) is 0 Å². The Morgan fingerprint density at radius 3 is 2.60 bits per heavy atom. The second-order valence-electron chi connectivity index (χ2n) is 5.18. The molecule has 2 aliphatic rings. The summed E-state index contributed by atoms with van der Waals surface area (Å²) in [5.41, 5.74) is 0. The number of likely N-dealkylation sites (tertiary alicyclic amines) is 1. The average Bonchev–Trinajstić information content (AvgIpc) is 2.78. The first-order valence-corrected chi connectivity index (χ1v) is 8.48. The summed E-state index contributed by atoms with van der Waals surface area (Å²) in [6.07, 6.45) is 0.408. The topological polar surface area (TPSA) is 99.2 Å². The second kappa shape index (κ2) is 6.35. The van der Waals surface area contributed by atoms with Crippen molar-refractivity contribution in [3.63, 3.8) is 0 Å². The van der Waals surface area contributed by atoms with Crippen LogP contribution in [-0.2, 0) is 19.6 Å². The van der Waals surface area contributed by atoms with Crippen LogP contribution >= 0.6 is 0 Å². The summed E-state index contributed by atoms with van der Waals surface area (Å²) in [6, 6.07) is -0.0962. The number of aliphatic hydroxyl groups is 1. The van der Waals surface area contributed by atoms with Gasteiger partial charge in [0, 0.05) is 26.2 Å². The van der Waals surface area contributed by atoms with E-state index in [1.807, 2.05) is 0 Å². The van der Waals surface area contributed by atoms with Gasteiger partial charge in [-0.1, -0.05) is 0 Å². The van der Waals surface area contributed by atoms with Crippen LogP contribution in [0.5, 0.6) is 0 Å². The smallest absolute Gasteiger partial charge is 0.237 e. The van der Waals surface area contributed by atoms with E-state index in [1.54, 1.807) is 0 Å². The maximum Gasteiger partial charge on any atom is 0.237 e. The Kier molecular flexibility index (Phi) is 4.97. The summed E-state index contributed by atoms with van der Waals surface area (Å²) in [5.74, 6) is -0.315. The van der Waals surface area contributed by atoms with E-state index in [2.05, 4.69) is 9.62 Å². The first-order valence-electron chi connectivity index (χ1n) is 6.59. The zero-order valence-electron chi connectivity index (χ0n) is 11.5. The van der Waals surface area contributed by atoms with E-state index in [4.69, 9.17) is 4.74 Å². The minimum Gasteiger partial charge on any atom is -0.390 e. The van der Waals surface area contributed by atoms with Crippen molar-refractivity contribution in [1.82, 2.24) is 14.5 Å². The highest BCUT2D eigenvalue weighted by molar-refractivity contribution is 7.88. The molecule has 2 fully saturated rings. The van der Waals surface area contributed by atoms with Gasteiger partial charge in [-0.25, -0.2) is 13.1 Å². The predicted molar refractivity (Wildman–Crippen MR) is 71.6 cm³/mol. The van der Waals surface area contributed by atoms with Crippen molar-refractivity contribution >= 4 is 15.9 Å². The van der Waals surface area contributed by atoms with Crippen molar-refractivity contribution in [1.29, 1.82) is 0 Å². The summed E-state index contributed by atoms with van der Waals surface area (Å²) in [6.45, 7) is 3.15. The van der Waals surface area contributed by atoms with Gasteiger partial charge >= 0.3 is 0 Å². The third kappa shape index (κ3) is 4.13. The molecule has 0 aromatic carbocycles. The summed E-state index contributed by atoms with van der Waals surface area (Å²) in [4.78, 5) is 15.5. The van der Waals surface area contributed by atoms with Gasteiger partial charge in [0.05, 0.1) is 38.2 Å². The van der Waals surface area contributed by atoms with Gasteiger partial charge in [-0.05, 0) is 0 Å². The largest absolute Gasteiger partial charge is 0.390 e. The molecule has 0 spiro atoms. The Morgan fingerprint density at radius 1 is 1.35 bits per heavy atom. The van der Waals surface area contributed by atoms with Crippen molar-refractivity contribution in [3.8, 4) is 0 Å². The number of hydrogen-bond donors (Lipinski definition) is 2. The summed E-state index contributed by atoms with van der Waals surface area (Å²) >= 11 is 0. The normalized spacial score (nSPS) is 28.8. The molecular weight excluding hydrogens is 286 g/mol. The fraction of sp³-hybridized carbons (Fsp3) is 0.909. The molecule has 0 radical (unpaired) electrons. The van der Waals surface area contributed by atoms with Crippen molar-refractivity contribution in [2.24, 2.45) is 0 Å². The molecule has 2 atom stereocenters. The number of ether oxygens (including phenoxy) is 1. The lowest BCUT2D eigenvalue weighted by molar-refractivity contribution is -0.129. The molecule has 2 N–H and O–H groups in total. The molecule has 8 nitrogen and oxygen atoms in total. The van der Waals surface area contributed by atoms with E-state index in [0.29, 0.717) is 19.8 Å². The number of hydrogen-bond acceptors (Lipinski definition) is 6. The van der Waals surface area contributed by atoms with Gasteiger partial charge < -0.3 is 14.7 Å². The van der Waals surface area contributed by atoms with E-state index in [1.165, 1.54) is 4.90 Å². The number of carbonyl (C=O) groups is 1. The quantitative estimate of drug-likeness (QED) is 0.593. The van der Waals surface area contributed by atoms with E-state index < -0.39 is 16.1 Å². The highest BCUT2D eigenvalue weighted by Crippen LogP contribution is 2.17. The number of aliphatic hydroxyl groups excluding tert-OH is 1. The second-order valence-corrected chi connectivity index (χ2v) is 7.01. The number of nitrogens with one attached hydrogen (secondary N) is 1. The van der Waals surface area contributed by atoms with Crippen LogP contribution in [0.25, 0.3) is 0 Å². The molecule has 2 rings (SSSR count). The predicted octanol–water partition coefficient (Wildman–Crippen LogP) is -2.56. The number of morpholine rings is 1. The molecule has 0 unspecified atom stereocenters. The first-order chi connectivity index (χ1) is 9.37. The van der Waals surface area contributed by atoms with Crippen LogP contribution < -0.4 is 4.72 Å². The highest BCUT2D eigenvalue weighted by Gasteiger charge is 2.37. The highest BCUT2D eigenvalue weighted by atomic mass is 32.2. The Labute approximate surface area is 118 Å². The first kappa shape index (κ1) is 15.6. The van der Waals surface area contributed by atoms with Crippen molar-refractivity contribution in [2.45, 2.75) is 12.1 Å². The molecule has 0 aliphatic carbocycles. The van der Waals surface area contributed by atoms with Crippen molar-refractivity contribution < 1.29 is 23.1 Å². The SMILES string of the molecule is CS(=O)(=O)NCC(=O)N1C[C@@H](O)[C@H](N2CCOCC2)C1. The molecule has 1 amide bonds. The number of β-amino-alcohol motifs (C(OH)–C–C–N with tert-alkyl or cyclic N) is 1. The number of carbonyl (C=O) groups excluding carboxylic acids is 1. The third-order valence-electron chi connectivity index (χ3n) is 3.61. The molecule has 0 aromatic rings. The maximum atomic E-state index is 11.9. The molecule has 0 saturated carbocycles. The molecule has 0 bridgehead atoms. The zero-order valence-corrected chi connectivity index (χ0v) is 12.3. The molecule has 20 heavy (non-hydrogen) atoms. The van der Waals surface area contributed by atoms with Crippen molar-refractivity contribution in [3.05, 3.63) is 0 Å². The molecular formula is C11H21N3O5S. The van der Waals surface area contributed by atoms with E-state index in [-0.39, 0.29) is 25.0 Å². The Morgan fingerprint density at radius 2 is 2.00 bits per heavy atom. The van der Waals surface area contributed by atoms with Gasteiger partial charge in [-0.15, -0.1) is 0 Å². The number of nitrogens with zero attached hydrogens (tertiary/aromatic N) is 2. The standard InChI is InChI=1S/C11H21N3O5S/c1-20(17,18)12-6-11(16)14-7-9(10(15)8-14)13-2-4-19-5-3-13/h9-10,12,15H,2-8H2,1H3/t9-,10-/m1/s1.